The molecule has 2 aliphatic rings. The van der Waals surface area contributed by atoms with Gasteiger partial charge in [0.15, 0.2) is 6.29 Å². The SMILES string of the molecule is CCCCC(=O)NC1CCC(C2C(Cl)=CC(NC(N)NC(NN)NN=N)CC2Cl)CC1. The quantitative estimate of drug-likeness (QED) is 0.0695. The van der Waals surface area contributed by atoms with E-state index in [1.54, 1.807) is 0 Å². The van der Waals surface area contributed by atoms with Crippen LogP contribution in [-0.2, 0) is 4.79 Å². The number of hydrogen-bond acceptors (Lipinski definition) is 8. The molecule has 31 heavy (non-hydrogen) atoms. The average molecular weight is 478 g/mol. The first-order chi connectivity index (χ1) is 14.9. The van der Waals surface area contributed by atoms with Crippen LogP contribution >= 0.6 is 23.2 Å². The van der Waals surface area contributed by atoms with Crippen LogP contribution in [0.2, 0.25) is 0 Å². The van der Waals surface area contributed by atoms with E-state index >= 15 is 0 Å². The summed E-state index contributed by atoms with van der Waals surface area (Å²) in [5.74, 6) is 6.05. The van der Waals surface area contributed by atoms with Crippen molar-refractivity contribution in [2.75, 3.05) is 0 Å². The number of carbonyl (C=O) groups is 1. The van der Waals surface area contributed by atoms with E-state index in [1.807, 2.05) is 6.08 Å². The predicted molar refractivity (Wildman–Crippen MR) is 123 cm³/mol. The number of alkyl halides is 1. The number of nitrogens with zero attached hydrogens (tertiary/aromatic N) is 1. The third kappa shape index (κ3) is 8.45. The molecule has 178 valence electrons. The zero-order chi connectivity index (χ0) is 22.8. The first-order valence-electron chi connectivity index (χ1n) is 11.0. The molecule has 1 amide bonds. The highest BCUT2D eigenvalue weighted by Crippen LogP contribution is 2.43. The van der Waals surface area contributed by atoms with Gasteiger partial charge in [-0.15, -0.1) is 11.6 Å². The zero-order valence-corrected chi connectivity index (χ0v) is 19.6. The summed E-state index contributed by atoms with van der Waals surface area (Å²) in [6, 6.07) is 0.168. The lowest BCUT2D eigenvalue weighted by molar-refractivity contribution is -0.122. The topological polar surface area (TPSA) is 165 Å². The summed E-state index contributed by atoms with van der Waals surface area (Å²) >= 11 is 13.4. The minimum absolute atomic E-state index is 0.0886. The molecule has 10 N–H and O–H groups in total. The van der Waals surface area contributed by atoms with Gasteiger partial charge in [-0.1, -0.05) is 36.2 Å². The molecule has 5 atom stereocenters. The molecule has 1 fully saturated rings. The number of hydrogen-bond donors (Lipinski definition) is 8. The third-order valence-corrected chi connectivity index (χ3v) is 6.88. The highest BCUT2D eigenvalue weighted by molar-refractivity contribution is 6.31. The maximum Gasteiger partial charge on any atom is 0.220 e. The highest BCUT2D eigenvalue weighted by atomic mass is 35.5. The molecule has 0 spiro atoms. The van der Waals surface area contributed by atoms with Gasteiger partial charge < -0.3 is 11.1 Å². The van der Waals surface area contributed by atoms with E-state index in [9.17, 15) is 4.79 Å². The zero-order valence-electron chi connectivity index (χ0n) is 18.0. The van der Waals surface area contributed by atoms with E-state index in [2.05, 4.69) is 38.9 Å². The van der Waals surface area contributed by atoms with Crippen LogP contribution in [0.1, 0.15) is 58.3 Å². The Hall–Kier alpha value is -1.01. The fourth-order valence-electron chi connectivity index (χ4n) is 4.48. The number of carbonyl (C=O) groups excluding carboxylic acids is 1. The number of rotatable bonds is 12. The number of halogens is 2. The molecule has 12 heteroatoms. The van der Waals surface area contributed by atoms with Gasteiger partial charge >= 0.3 is 0 Å². The lowest BCUT2D eigenvalue weighted by Gasteiger charge is -2.40. The van der Waals surface area contributed by atoms with Crippen LogP contribution in [0.4, 0.5) is 0 Å². The van der Waals surface area contributed by atoms with Gasteiger partial charge in [0, 0.05) is 34.8 Å². The summed E-state index contributed by atoms with van der Waals surface area (Å²) in [6.07, 6.45) is 7.92. The Kier molecular flexibility index (Phi) is 11.4. The summed E-state index contributed by atoms with van der Waals surface area (Å²) in [7, 11) is 0. The van der Waals surface area contributed by atoms with Crippen molar-refractivity contribution in [1.82, 2.24) is 26.8 Å². The van der Waals surface area contributed by atoms with Crippen molar-refractivity contribution in [2.45, 2.75) is 88.3 Å². The van der Waals surface area contributed by atoms with Gasteiger partial charge in [0.25, 0.3) is 0 Å². The maximum atomic E-state index is 12.0. The second-order valence-corrected chi connectivity index (χ2v) is 9.37. The highest BCUT2D eigenvalue weighted by Gasteiger charge is 2.38. The molecule has 2 aliphatic carbocycles. The Morgan fingerprint density at radius 3 is 2.65 bits per heavy atom. The maximum absolute atomic E-state index is 12.0. The lowest BCUT2D eigenvalue weighted by Crippen LogP contribution is -2.64. The van der Waals surface area contributed by atoms with Gasteiger partial charge in [-0.2, -0.15) is 5.53 Å². The summed E-state index contributed by atoms with van der Waals surface area (Å²) in [5.41, 5.74) is 17.7. The fourth-order valence-corrected chi connectivity index (χ4v) is 5.56. The molecule has 1 saturated carbocycles. The minimum atomic E-state index is -0.653. The molecule has 0 aromatic rings. The predicted octanol–water partition coefficient (Wildman–Crippen LogP) is 1.67. The lowest BCUT2D eigenvalue weighted by atomic mass is 9.73. The Balaban J connectivity index is 1.84. The normalized spacial score (nSPS) is 30.7. The van der Waals surface area contributed by atoms with Crippen LogP contribution < -0.4 is 38.4 Å². The van der Waals surface area contributed by atoms with E-state index in [-0.39, 0.29) is 29.3 Å². The fraction of sp³-hybridized carbons (Fsp3) is 0.842. The van der Waals surface area contributed by atoms with Gasteiger partial charge in [-0.3, -0.25) is 26.7 Å². The second-order valence-electron chi connectivity index (χ2n) is 8.37. The van der Waals surface area contributed by atoms with Crippen molar-refractivity contribution >= 4 is 29.1 Å². The number of allylic oxidation sites excluding steroid dienone is 1. The van der Waals surface area contributed by atoms with Gasteiger partial charge in [-0.25, -0.2) is 5.43 Å². The van der Waals surface area contributed by atoms with Crippen LogP contribution in [0.25, 0.3) is 0 Å². The molecule has 2 rings (SSSR count). The number of nitrogens with one attached hydrogen (secondary N) is 6. The molecule has 5 unspecified atom stereocenters. The molecular formula is C19H37Cl2N9O. The Morgan fingerprint density at radius 2 is 2.06 bits per heavy atom. The molecule has 0 heterocycles. The first-order valence-corrected chi connectivity index (χ1v) is 11.9. The molecule has 0 aliphatic heterocycles. The molecule has 10 nitrogen and oxygen atoms in total. The largest absolute Gasteiger partial charge is 0.353 e. The van der Waals surface area contributed by atoms with Gasteiger partial charge in [0.2, 0.25) is 5.91 Å². The smallest absolute Gasteiger partial charge is 0.220 e. The van der Waals surface area contributed by atoms with Crippen molar-refractivity contribution in [3.8, 4) is 0 Å². The summed E-state index contributed by atoms with van der Waals surface area (Å²) in [4.78, 5) is 12.0. The Labute approximate surface area is 194 Å². The van der Waals surface area contributed by atoms with E-state index in [0.717, 1.165) is 43.6 Å². The van der Waals surface area contributed by atoms with Crippen LogP contribution in [0.5, 0.6) is 0 Å². The van der Waals surface area contributed by atoms with Gasteiger partial charge in [0.1, 0.15) is 6.29 Å². The van der Waals surface area contributed by atoms with Crippen LogP contribution in [0.3, 0.4) is 0 Å². The first kappa shape index (κ1) is 26.2. The molecule has 0 saturated heterocycles. The Bertz CT molecular complexity index is 601. The minimum Gasteiger partial charge on any atom is -0.353 e. The van der Waals surface area contributed by atoms with Crippen LogP contribution in [0, 0.1) is 17.4 Å². The summed E-state index contributed by atoms with van der Waals surface area (Å²) in [6.45, 7) is 2.09. The van der Waals surface area contributed by atoms with Crippen molar-refractivity contribution in [2.24, 2.45) is 28.6 Å². The Morgan fingerprint density at radius 1 is 1.35 bits per heavy atom. The van der Waals surface area contributed by atoms with Gasteiger partial charge in [-0.05, 0) is 44.4 Å². The number of hydrazine groups is 1. The standard InChI is InChI=1S/C19H37Cl2N9O/c1-2-3-4-16(31)25-12-7-5-11(6-8-12)17-14(20)9-13(10-15(17)21)26-18(22)27-19(28-23)29-30-24/h9,11-13,15,17-19,26-28H,2-8,10,22-23H2,1H3,(H2,24,29)(H,25,31). The molecule has 0 radical (unpaired) electrons. The summed E-state index contributed by atoms with van der Waals surface area (Å²) in [5, 5.41) is 13.0. The number of amides is 1. The van der Waals surface area contributed by atoms with Crippen LogP contribution in [0.15, 0.2) is 16.3 Å². The second kappa shape index (κ2) is 13.5. The van der Waals surface area contributed by atoms with E-state index in [4.69, 9.17) is 40.3 Å². The van der Waals surface area contributed by atoms with Gasteiger partial charge in [0.05, 0.1) is 0 Å². The molecule has 0 aromatic heterocycles. The van der Waals surface area contributed by atoms with Crippen LogP contribution in [-0.4, -0.2) is 35.9 Å². The van der Waals surface area contributed by atoms with E-state index in [1.165, 1.54) is 0 Å². The number of nitrogens with two attached hydrogens (primary N) is 2. The van der Waals surface area contributed by atoms with Crippen molar-refractivity contribution in [3.05, 3.63) is 11.1 Å². The van der Waals surface area contributed by atoms with E-state index in [0.29, 0.717) is 18.8 Å². The third-order valence-electron chi connectivity index (χ3n) is 6.05. The van der Waals surface area contributed by atoms with E-state index < -0.39 is 12.6 Å². The number of unbranched alkanes of at least 4 members (excludes halogenated alkanes) is 1. The molecule has 0 aromatic carbocycles. The summed E-state index contributed by atoms with van der Waals surface area (Å²) < 4.78 is 0. The van der Waals surface area contributed by atoms with Crippen molar-refractivity contribution < 1.29 is 4.79 Å². The molecular weight excluding hydrogens is 441 g/mol. The average Bonchev–Trinajstić information content (AvgIpc) is 2.72. The molecule has 0 bridgehead atoms. The van der Waals surface area contributed by atoms with Crippen molar-refractivity contribution in [3.63, 3.8) is 0 Å². The monoisotopic (exact) mass is 477 g/mol. The van der Waals surface area contributed by atoms with Crippen molar-refractivity contribution in [1.29, 1.82) is 5.53 Å².